The molecule has 0 atom stereocenters. The SMILES string of the molecule is CCn1cnnc1CCNc1ccnc2cc(C(F)(F)F)ccc12. The zero-order chi connectivity index (χ0) is 17.2. The monoisotopic (exact) mass is 335 g/mol. The summed E-state index contributed by atoms with van der Waals surface area (Å²) in [6.07, 6.45) is -0.531. The highest BCUT2D eigenvalue weighted by Gasteiger charge is 2.30. The van der Waals surface area contributed by atoms with E-state index in [-0.39, 0.29) is 0 Å². The quantitative estimate of drug-likeness (QED) is 0.775. The van der Waals surface area contributed by atoms with Crippen LogP contribution in [-0.4, -0.2) is 26.3 Å². The summed E-state index contributed by atoms with van der Waals surface area (Å²) >= 11 is 0. The van der Waals surface area contributed by atoms with E-state index in [9.17, 15) is 13.2 Å². The van der Waals surface area contributed by atoms with Crippen LogP contribution in [0.25, 0.3) is 10.9 Å². The van der Waals surface area contributed by atoms with Gasteiger partial charge in [-0.1, -0.05) is 6.07 Å². The average Bonchev–Trinajstić information content (AvgIpc) is 3.01. The van der Waals surface area contributed by atoms with Crippen molar-refractivity contribution >= 4 is 16.6 Å². The fourth-order valence-corrected chi connectivity index (χ4v) is 2.52. The second-order valence-electron chi connectivity index (χ2n) is 5.30. The average molecular weight is 335 g/mol. The first-order chi connectivity index (χ1) is 11.5. The smallest absolute Gasteiger partial charge is 0.384 e. The first-order valence-electron chi connectivity index (χ1n) is 7.55. The van der Waals surface area contributed by atoms with Crippen molar-refractivity contribution < 1.29 is 13.2 Å². The molecular formula is C16H16F3N5. The molecule has 1 aromatic carbocycles. The highest BCUT2D eigenvalue weighted by molar-refractivity contribution is 5.91. The molecule has 0 unspecified atom stereocenters. The van der Waals surface area contributed by atoms with Crippen molar-refractivity contribution in [1.29, 1.82) is 0 Å². The number of fused-ring (bicyclic) bond motifs is 1. The number of hydrogen-bond donors (Lipinski definition) is 1. The van der Waals surface area contributed by atoms with Crippen LogP contribution in [-0.2, 0) is 19.1 Å². The van der Waals surface area contributed by atoms with Gasteiger partial charge in [0.25, 0.3) is 0 Å². The Hall–Kier alpha value is -2.64. The van der Waals surface area contributed by atoms with Gasteiger partial charge in [-0.3, -0.25) is 4.98 Å². The molecule has 0 aliphatic carbocycles. The van der Waals surface area contributed by atoms with Crippen molar-refractivity contribution in [2.24, 2.45) is 0 Å². The summed E-state index contributed by atoms with van der Waals surface area (Å²) in [7, 11) is 0. The van der Waals surface area contributed by atoms with Crippen molar-refractivity contribution in [3.05, 3.63) is 48.2 Å². The lowest BCUT2D eigenvalue weighted by Gasteiger charge is -2.11. The Morgan fingerprint density at radius 2 is 2.04 bits per heavy atom. The Balaban J connectivity index is 1.77. The lowest BCUT2D eigenvalue weighted by Crippen LogP contribution is -2.10. The molecule has 2 heterocycles. The number of pyridine rings is 1. The van der Waals surface area contributed by atoms with Gasteiger partial charge in [0.1, 0.15) is 12.2 Å². The van der Waals surface area contributed by atoms with Crippen molar-refractivity contribution in [2.45, 2.75) is 26.1 Å². The van der Waals surface area contributed by atoms with E-state index >= 15 is 0 Å². The Labute approximate surface area is 136 Å². The van der Waals surface area contributed by atoms with Crippen molar-refractivity contribution in [1.82, 2.24) is 19.7 Å². The number of halogens is 3. The van der Waals surface area contributed by atoms with Gasteiger partial charge in [-0.15, -0.1) is 10.2 Å². The normalized spacial score (nSPS) is 11.8. The van der Waals surface area contributed by atoms with Gasteiger partial charge in [-0.05, 0) is 25.1 Å². The van der Waals surface area contributed by atoms with Crippen LogP contribution in [0.3, 0.4) is 0 Å². The maximum Gasteiger partial charge on any atom is 0.416 e. The van der Waals surface area contributed by atoms with Crippen molar-refractivity contribution in [2.75, 3.05) is 11.9 Å². The van der Waals surface area contributed by atoms with Gasteiger partial charge < -0.3 is 9.88 Å². The molecule has 8 heteroatoms. The van der Waals surface area contributed by atoms with Gasteiger partial charge in [0.15, 0.2) is 0 Å². The first-order valence-corrected chi connectivity index (χ1v) is 7.55. The number of nitrogens with one attached hydrogen (secondary N) is 1. The van der Waals surface area contributed by atoms with E-state index in [1.54, 1.807) is 12.4 Å². The number of aryl methyl sites for hydroxylation is 1. The Morgan fingerprint density at radius 1 is 1.21 bits per heavy atom. The zero-order valence-electron chi connectivity index (χ0n) is 13.0. The molecule has 2 aromatic heterocycles. The summed E-state index contributed by atoms with van der Waals surface area (Å²) in [5, 5.41) is 11.8. The molecule has 0 aliphatic heterocycles. The first kappa shape index (κ1) is 16.2. The van der Waals surface area contributed by atoms with Gasteiger partial charge in [-0.2, -0.15) is 13.2 Å². The molecule has 3 aromatic rings. The van der Waals surface area contributed by atoms with Gasteiger partial charge in [-0.25, -0.2) is 0 Å². The molecule has 5 nitrogen and oxygen atoms in total. The van der Waals surface area contributed by atoms with Crippen LogP contribution in [0.15, 0.2) is 36.8 Å². The number of aromatic nitrogens is 4. The van der Waals surface area contributed by atoms with E-state index in [0.717, 1.165) is 30.2 Å². The van der Waals surface area contributed by atoms with E-state index in [2.05, 4.69) is 20.5 Å². The molecule has 24 heavy (non-hydrogen) atoms. The number of rotatable bonds is 5. The largest absolute Gasteiger partial charge is 0.416 e. The lowest BCUT2D eigenvalue weighted by molar-refractivity contribution is -0.137. The minimum Gasteiger partial charge on any atom is -0.384 e. The summed E-state index contributed by atoms with van der Waals surface area (Å²) < 4.78 is 40.3. The van der Waals surface area contributed by atoms with Crippen molar-refractivity contribution in [3.63, 3.8) is 0 Å². The molecule has 3 rings (SSSR count). The summed E-state index contributed by atoms with van der Waals surface area (Å²) in [5.74, 6) is 0.864. The molecule has 0 spiro atoms. The van der Waals surface area contributed by atoms with Gasteiger partial charge in [0.05, 0.1) is 11.1 Å². The molecule has 0 saturated carbocycles. The minimum atomic E-state index is -4.37. The lowest BCUT2D eigenvalue weighted by atomic mass is 10.1. The fourth-order valence-electron chi connectivity index (χ4n) is 2.52. The summed E-state index contributed by atoms with van der Waals surface area (Å²) in [6, 6.07) is 5.33. The molecule has 0 radical (unpaired) electrons. The highest BCUT2D eigenvalue weighted by atomic mass is 19.4. The Bertz CT molecular complexity index is 841. The number of benzene rings is 1. The number of anilines is 1. The van der Waals surface area contributed by atoms with Gasteiger partial charge >= 0.3 is 6.18 Å². The molecule has 0 bridgehead atoms. The van der Waals surface area contributed by atoms with Crippen LogP contribution in [0.5, 0.6) is 0 Å². The second kappa shape index (κ2) is 6.46. The molecule has 0 fully saturated rings. The summed E-state index contributed by atoms with van der Waals surface area (Å²) in [4.78, 5) is 4.03. The Kier molecular flexibility index (Phi) is 4.37. The van der Waals surface area contributed by atoms with E-state index < -0.39 is 11.7 Å². The predicted molar refractivity (Wildman–Crippen MR) is 84.6 cm³/mol. The van der Waals surface area contributed by atoms with E-state index in [4.69, 9.17) is 0 Å². The molecular weight excluding hydrogens is 319 g/mol. The van der Waals surface area contributed by atoms with Crippen molar-refractivity contribution in [3.8, 4) is 0 Å². The second-order valence-corrected chi connectivity index (χ2v) is 5.30. The Morgan fingerprint density at radius 3 is 2.79 bits per heavy atom. The summed E-state index contributed by atoms with van der Waals surface area (Å²) in [6.45, 7) is 3.40. The predicted octanol–water partition coefficient (Wildman–Crippen LogP) is 3.52. The van der Waals surface area contributed by atoms with E-state index in [1.165, 1.54) is 12.3 Å². The summed E-state index contributed by atoms with van der Waals surface area (Å²) in [5.41, 5.74) is 0.360. The number of hydrogen-bond acceptors (Lipinski definition) is 4. The molecule has 0 aliphatic rings. The van der Waals surface area contributed by atoms with Gasteiger partial charge in [0.2, 0.25) is 0 Å². The molecule has 0 amide bonds. The third-order valence-corrected chi connectivity index (χ3v) is 3.77. The zero-order valence-corrected chi connectivity index (χ0v) is 13.0. The molecule has 1 N–H and O–H groups in total. The third kappa shape index (κ3) is 3.32. The maximum atomic E-state index is 12.8. The van der Waals surface area contributed by atoms with Crippen LogP contribution in [0, 0.1) is 0 Å². The topological polar surface area (TPSA) is 55.6 Å². The third-order valence-electron chi connectivity index (χ3n) is 3.77. The van der Waals surface area contributed by atoms with Gasteiger partial charge in [0, 0.05) is 36.8 Å². The van der Waals surface area contributed by atoms with E-state index in [0.29, 0.717) is 23.9 Å². The minimum absolute atomic E-state index is 0.312. The van der Waals surface area contributed by atoms with Crippen LogP contribution in [0.2, 0.25) is 0 Å². The molecule has 0 saturated heterocycles. The van der Waals surface area contributed by atoms with Crippen LogP contribution in [0.4, 0.5) is 18.9 Å². The number of nitrogens with zero attached hydrogens (tertiary/aromatic N) is 4. The number of alkyl halides is 3. The molecule has 126 valence electrons. The fraction of sp³-hybridized carbons (Fsp3) is 0.312. The standard InChI is InChI=1S/C16H16F3N5/c1-2-24-10-22-23-15(24)6-8-20-13-5-7-21-14-9-11(16(17,18)19)3-4-12(13)14/h3-5,7,9-10H,2,6,8H2,1H3,(H,20,21). The van der Waals surface area contributed by atoms with Crippen LogP contribution < -0.4 is 5.32 Å². The van der Waals surface area contributed by atoms with Crippen LogP contribution in [0.1, 0.15) is 18.3 Å². The van der Waals surface area contributed by atoms with Crippen LogP contribution >= 0.6 is 0 Å². The maximum absolute atomic E-state index is 12.8. The highest BCUT2D eigenvalue weighted by Crippen LogP contribution is 2.32. The van der Waals surface area contributed by atoms with E-state index in [1.807, 2.05) is 11.5 Å².